The van der Waals surface area contributed by atoms with Crippen LogP contribution in [0.3, 0.4) is 0 Å². The standard InChI is InChI=1S/C20H17N3O/c1-11-7-8-15(12(2)9-11)23-17-10-18(24)14-5-4-6-16-19(14)20(17)22-13(3)21-16/h4-10,23H,1-3H3. The Morgan fingerprint density at radius 3 is 2.62 bits per heavy atom. The second kappa shape index (κ2) is 5.27. The van der Waals surface area contributed by atoms with Crippen LogP contribution < -0.4 is 5.32 Å². The maximum atomic E-state index is 12.5. The van der Waals surface area contributed by atoms with Gasteiger partial charge in [-0.05, 0) is 38.5 Å². The number of nitrogens with one attached hydrogen (secondary N) is 1. The van der Waals surface area contributed by atoms with E-state index in [2.05, 4.69) is 41.3 Å². The van der Waals surface area contributed by atoms with Gasteiger partial charge in [-0.25, -0.2) is 9.97 Å². The topological polar surface area (TPSA) is 54.9 Å². The van der Waals surface area contributed by atoms with Gasteiger partial charge in [0.2, 0.25) is 0 Å². The predicted octanol–water partition coefficient (Wildman–Crippen LogP) is 4.20. The number of allylic oxidation sites excluding steroid dienone is 1. The fourth-order valence-corrected chi connectivity index (χ4v) is 3.17. The first-order valence-corrected chi connectivity index (χ1v) is 7.91. The van der Waals surface area contributed by atoms with Crippen LogP contribution in [0.25, 0.3) is 16.6 Å². The fourth-order valence-electron chi connectivity index (χ4n) is 3.17. The van der Waals surface area contributed by atoms with Gasteiger partial charge in [0.25, 0.3) is 0 Å². The molecule has 0 spiro atoms. The van der Waals surface area contributed by atoms with Crippen molar-refractivity contribution in [3.8, 4) is 0 Å². The number of hydrogen-bond donors (Lipinski definition) is 1. The highest BCUT2D eigenvalue weighted by molar-refractivity contribution is 6.21. The summed E-state index contributed by atoms with van der Waals surface area (Å²) in [5.74, 6) is 0.671. The fraction of sp³-hybridized carbons (Fsp3) is 0.150. The van der Waals surface area contributed by atoms with E-state index in [9.17, 15) is 4.79 Å². The Labute approximate surface area is 140 Å². The Morgan fingerprint density at radius 2 is 1.83 bits per heavy atom. The van der Waals surface area contributed by atoms with Crippen molar-refractivity contribution in [2.24, 2.45) is 0 Å². The molecule has 0 atom stereocenters. The number of ketones is 1. The predicted molar refractivity (Wildman–Crippen MR) is 96.1 cm³/mol. The molecule has 2 aromatic carbocycles. The zero-order valence-corrected chi connectivity index (χ0v) is 13.8. The van der Waals surface area contributed by atoms with Crippen molar-refractivity contribution >= 4 is 28.1 Å². The summed E-state index contributed by atoms with van der Waals surface area (Å²) >= 11 is 0. The molecule has 4 rings (SSSR count). The van der Waals surface area contributed by atoms with E-state index in [1.54, 1.807) is 6.08 Å². The molecular formula is C20H17N3O. The van der Waals surface area contributed by atoms with Crippen molar-refractivity contribution in [1.29, 1.82) is 0 Å². The minimum absolute atomic E-state index is 0.0205. The molecule has 0 radical (unpaired) electrons. The van der Waals surface area contributed by atoms with Crippen LogP contribution in [0.1, 0.15) is 33.0 Å². The molecule has 1 heterocycles. The maximum Gasteiger partial charge on any atom is 0.188 e. The molecule has 3 aromatic rings. The number of nitrogens with zero attached hydrogens (tertiary/aromatic N) is 2. The lowest BCUT2D eigenvalue weighted by Gasteiger charge is -2.19. The van der Waals surface area contributed by atoms with Crippen LogP contribution in [0.15, 0.2) is 42.5 Å². The van der Waals surface area contributed by atoms with Gasteiger partial charge in [0, 0.05) is 22.7 Å². The number of aromatic nitrogens is 2. The number of benzene rings is 2. The van der Waals surface area contributed by atoms with Crippen molar-refractivity contribution < 1.29 is 4.79 Å². The average molecular weight is 315 g/mol. The second-order valence-electron chi connectivity index (χ2n) is 6.18. The van der Waals surface area contributed by atoms with E-state index in [0.29, 0.717) is 11.4 Å². The molecule has 4 heteroatoms. The average Bonchev–Trinajstić information content (AvgIpc) is 2.54. The van der Waals surface area contributed by atoms with Crippen molar-refractivity contribution in [3.63, 3.8) is 0 Å². The Balaban J connectivity index is 1.89. The molecule has 0 aliphatic heterocycles. The minimum Gasteiger partial charge on any atom is -0.353 e. The molecule has 118 valence electrons. The molecule has 0 bridgehead atoms. The zero-order chi connectivity index (χ0) is 16.8. The van der Waals surface area contributed by atoms with Gasteiger partial charge in [-0.15, -0.1) is 0 Å². The van der Waals surface area contributed by atoms with Crippen LogP contribution in [-0.4, -0.2) is 15.8 Å². The van der Waals surface area contributed by atoms with E-state index < -0.39 is 0 Å². The van der Waals surface area contributed by atoms with Gasteiger partial charge in [0.05, 0.1) is 16.9 Å². The van der Waals surface area contributed by atoms with Gasteiger partial charge < -0.3 is 5.32 Å². The molecule has 0 saturated carbocycles. The third kappa shape index (κ3) is 2.27. The van der Waals surface area contributed by atoms with Crippen LogP contribution in [0.4, 0.5) is 5.69 Å². The molecule has 1 aliphatic carbocycles. The largest absolute Gasteiger partial charge is 0.353 e. The molecule has 0 fully saturated rings. The molecule has 0 unspecified atom stereocenters. The Hall–Kier alpha value is -3.01. The van der Waals surface area contributed by atoms with E-state index in [-0.39, 0.29) is 5.78 Å². The molecule has 1 aromatic heterocycles. The van der Waals surface area contributed by atoms with Crippen molar-refractivity contribution in [2.75, 3.05) is 5.32 Å². The summed E-state index contributed by atoms with van der Waals surface area (Å²) in [6, 6.07) is 11.8. The lowest BCUT2D eigenvalue weighted by atomic mass is 9.95. The quantitative estimate of drug-likeness (QED) is 0.770. The van der Waals surface area contributed by atoms with E-state index in [0.717, 1.165) is 33.5 Å². The first-order chi connectivity index (χ1) is 11.5. The molecule has 24 heavy (non-hydrogen) atoms. The van der Waals surface area contributed by atoms with Gasteiger partial charge in [-0.1, -0.05) is 29.8 Å². The lowest BCUT2D eigenvalue weighted by molar-refractivity contribution is 0.104. The third-order valence-electron chi connectivity index (χ3n) is 4.28. The van der Waals surface area contributed by atoms with Crippen molar-refractivity contribution in [3.05, 3.63) is 70.7 Å². The first kappa shape index (κ1) is 14.6. The molecule has 0 amide bonds. The van der Waals surface area contributed by atoms with E-state index >= 15 is 0 Å². The summed E-state index contributed by atoms with van der Waals surface area (Å²) in [6.45, 7) is 5.98. The van der Waals surface area contributed by atoms with Gasteiger partial charge in [-0.3, -0.25) is 4.79 Å². The number of rotatable bonds is 2. The van der Waals surface area contributed by atoms with Gasteiger partial charge in [0.15, 0.2) is 5.78 Å². The summed E-state index contributed by atoms with van der Waals surface area (Å²) < 4.78 is 0. The smallest absolute Gasteiger partial charge is 0.188 e. The first-order valence-electron chi connectivity index (χ1n) is 7.91. The Morgan fingerprint density at radius 1 is 1.00 bits per heavy atom. The highest BCUT2D eigenvalue weighted by atomic mass is 16.1. The third-order valence-corrected chi connectivity index (χ3v) is 4.28. The molecule has 4 nitrogen and oxygen atoms in total. The van der Waals surface area contributed by atoms with Crippen molar-refractivity contribution in [2.45, 2.75) is 20.8 Å². The number of carbonyl (C=O) groups excluding carboxylic acids is 1. The van der Waals surface area contributed by atoms with Crippen LogP contribution in [0, 0.1) is 20.8 Å². The number of hydrogen-bond acceptors (Lipinski definition) is 4. The zero-order valence-electron chi connectivity index (χ0n) is 13.8. The molecule has 1 N–H and O–H groups in total. The summed E-state index contributed by atoms with van der Waals surface area (Å²) in [4.78, 5) is 21.6. The summed E-state index contributed by atoms with van der Waals surface area (Å²) in [6.07, 6.45) is 1.63. The Bertz CT molecular complexity index is 1030. The molecular weight excluding hydrogens is 298 g/mol. The SMILES string of the molecule is Cc1ccc(NC2=CC(=O)c3cccc4nc(C)nc2c34)c(C)c1. The van der Waals surface area contributed by atoms with Gasteiger partial charge >= 0.3 is 0 Å². The van der Waals surface area contributed by atoms with Crippen LogP contribution >= 0.6 is 0 Å². The number of carbonyl (C=O) groups is 1. The van der Waals surface area contributed by atoms with Gasteiger partial charge in [-0.2, -0.15) is 0 Å². The second-order valence-corrected chi connectivity index (χ2v) is 6.18. The number of anilines is 1. The molecule has 0 saturated heterocycles. The summed E-state index contributed by atoms with van der Waals surface area (Å²) in [5, 5.41) is 4.21. The van der Waals surface area contributed by atoms with E-state index in [4.69, 9.17) is 0 Å². The highest BCUT2D eigenvalue weighted by Crippen LogP contribution is 2.32. The minimum atomic E-state index is -0.0205. The number of aryl methyl sites for hydroxylation is 3. The highest BCUT2D eigenvalue weighted by Gasteiger charge is 2.23. The summed E-state index contributed by atoms with van der Waals surface area (Å²) in [7, 11) is 0. The Kier molecular flexibility index (Phi) is 3.20. The lowest BCUT2D eigenvalue weighted by Crippen LogP contribution is -2.13. The van der Waals surface area contributed by atoms with Crippen molar-refractivity contribution in [1.82, 2.24) is 9.97 Å². The monoisotopic (exact) mass is 315 g/mol. The van der Waals surface area contributed by atoms with E-state index in [1.165, 1.54) is 5.56 Å². The normalized spacial score (nSPS) is 13.1. The van der Waals surface area contributed by atoms with Crippen LogP contribution in [0.5, 0.6) is 0 Å². The van der Waals surface area contributed by atoms with Crippen LogP contribution in [0.2, 0.25) is 0 Å². The maximum absolute atomic E-state index is 12.5. The van der Waals surface area contributed by atoms with E-state index in [1.807, 2.05) is 31.2 Å². The summed E-state index contributed by atoms with van der Waals surface area (Å²) in [5.41, 5.74) is 6.28. The molecule has 1 aliphatic rings. The van der Waals surface area contributed by atoms with Gasteiger partial charge in [0.1, 0.15) is 5.82 Å². The van der Waals surface area contributed by atoms with Crippen LogP contribution in [-0.2, 0) is 0 Å².